The first kappa shape index (κ1) is 14.9. The lowest BCUT2D eigenvalue weighted by Crippen LogP contribution is -2.15. The third-order valence-corrected chi connectivity index (χ3v) is 4.20. The molecule has 2 heterocycles. The van der Waals surface area contributed by atoms with Gasteiger partial charge in [0.25, 0.3) is 0 Å². The Morgan fingerprint density at radius 2 is 2.26 bits per heavy atom. The van der Waals surface area contributed by atoms with Gasteiger partial charge in [-0.05, 0) is 18.7 Å². The summed E-state index contributed by atoms with van der Waals surface area (Å²) >= 11 is 13.7. The number of halogens is 2. The Labute approximate surface area is 127 Å². The largest absolute Gasteiger partial charge is 0.309 e. The lowest BCUT2D eigenvalue weighted by molar-refractivity contribution is 0.530. The highest BCUT2D eigenvalue weighted by atomic mass is 35.5. The minimum atomic E-state index is 0.395. The predicted octanol–water partition coefficient (Wildman–Crippen LogP) is 4.18. The molecule has 0 aliphatic carbocycles. The molecular formula is C13H17Cl2N3S. The maximum atomic E-state index is 5.99. The Kier molecular flexibility index (Phi) is 5.37. The third-order valence-electron chi connectivity index (χ3n) is 3.08. The van der Waals surface area contributed by atoms with Gasteiger partial charge in [0, 0.05) is 30.3 Å². The molecule has 0 spiro atoms. The maximum Gasteiger partial charge on any atom is 0.160 e. The van der Waals surface area contributed by atoms with Gasteiger partial charge in [0.15, 0.2) is 5.65 Å². The van der Waals surface area contributed by atoms with Gasteiger partial charge < -0.3 is 4.57 Å². The van der Waals surface area contributed by atoms with Crippen LogP contribution in [0.3, 0.4) is 0 Å². The van der Waals surface area contributed by atoms with E-state index in [1.54, 1.807) is 6.20 Å². The van der Waals surface area contributed by atoms with E-state index in [1.165, 1.54) is 0 Å². The molecule has 0 aliphatic rings. The van der Waals surface area contributed by atoms with Crippen LogP contribution in [0.1, 0.15) is 25.2 Å². The number of thioether (sulfide) groups is 1. The smallest absolute Gasteiger partial charge is 0.160 e. The van der Waals surface area contributed by atoms with Gasteiger partial charge in [-0.25, -0.2) is 9.97 Å². The van der Waals surface area contributed by atoms with Gasteiger partial charge in [0.2, 0.25) is 0 Å². The Hall–Kier alpha value is -0.450. The van der Waals surface area contributed by atoms with Crippen molar-refractivity contribution in [2.45, 2.75) is 25.8 Å². The number of alkyl halides is 1. The second-order valence-electron chi connectivity index (χ2n) is 4.35. The van der Waals surface area contributed by atoms with Crippen LogP contribution < -0.4 is 0 Å². The van der Waals surface area contributed by atoms with Crippen molar-refractivity contribution in [1.29, 1.82) is 0 Å². The number of aryl methyl sites for hydroxylation is 1. The molecule has 2 rings (SSSR count). The minimum Gasteiger partial charge on any atom is -0.309 e. The van der Waals surface area contributed by atoms with Gasteiger partial charge >= 0.3 is 0 Å². The molecule has 0 N–H and O–H groups in total. The van der Waals surface area contributed by atoms with Gasteiger partial charge in [0.1, 0.15) is 11.3 Å². The Morgan fingerprint density at radius 1 is 1.47 bits per heavy atom. The maximum absolute atomic E-state index is 5.99. The number of nitrogens with zero attached hydrogens (tertiary/aromatic N) is 3. The van der Waals surface area contributed by atoms with Crippen LogP contribution in [0.2, 0.25) is 5.02 Å². The summed E-state index contributed by atoms with van der Waals surface area (Å²) in [7, 11) is 0. The summed E-state index contributed by atoms with van der Waals surface area (Å²) in [6.45, 7) is 2.19. The second kappa shape index (κ2) is 6.82. The SMILES string of the molecule is CCC(CSC)n1c(CCCl)nc2cc(Cl)cnc21. The third kappa shape index (κ3) is 3.18. The summed E-state index contributed by atoms with van der Waals surface area (Å²) < 4.78 is 2.23. The van der Waals surface area contributed by atoms with E-state index in [-0.39, 0.29) is 0 Å². The molecule has 104 valence electrons. The van der Waals surface area contributed by atoms with E-state index in [9.17, 15) is 0 Å². The quantitative estimate of drug-likeness (QED) is 0.749. The molecule has 19 heavy (non-hydrogen) atoms. The monoisotopic (exact) mass is 317 g/mol. The number of aromatic nitrogens is 3. The van der Waals surface area contributed by atoms with Gasteiger partial charge in [-0.1, -0.05) is 18.5 Å². The first-order chi connectivity index (χ1) is 9.21. The average Bonchev–Trinajstić information content (AvgIpc) is 2.73. The molecule has 0 aliphatic heterocycles. The highest BCUT2D eigenvalue weighted by Gasteiger charge is 2.18. The molecule has 2 aromatic rings. The number of hydrogen-bond acceptors (Lipinski definition) is 3. The van der Waals surface area contributed by atoms with Crippen LogP contribution in [0.4, 0.5) is 0 Å². The molecule has 0 bridgehead atoms. The lowest BCUT2D eigenvalue weighted by atomic mass is 10.2. The van der Waals surface area contributed by atoms with Gasteiger partial charge in [-0.15, -0.1) is 11.6 Å². The number of fused-ring (bicyclic) bond motifs is 1. The molecule has 6 heteroatoms. The van der Waals surface area contributed by atoms with E-state index in [1.807, 2.05) is 17.8 Å². The fourth-order valence-corrected chi connectivity index (χ4v) is 3.31. The van der Waals surface area contributed by atoms with E-state index < -0.39 is 0 Å². The van der Waals surface area contributed by atoms with Crippen molar-refractivity contribution in [3.63, 3.8) is 0 Å². The summed E-state index contributed by atoms with van der Waals surface area (Å²) in [5, 5.41) is 0.618. The van der Waals surface area contributed by atoms with Crippen molar-refractivity contribution in [2.24, 2.45) is 0 Å². The van der Waals surface area contributed by atoms with Crippen molar-refractivity contribution < 1.29 is 0 Å². The number of rotatable bonds is 6. The molecule has 3 nitrogen and oxygen atoms in total. The van der Waals surface area contributed by atoms with Crippen LogP contribution in [0.15, 0.2) is 12.3 Å². The highest BCUT2D eigenvalue weighted by Crippen LogP contribution is 2.26. The van der Waals surface area contributed by atoms with Crippen molar-refractivity contribution in [3.05, 3.63) is 23.1 Å². The van der Waals surface area contributed by atoms with Crippen LogP contribution in [0.25, 0.3) is 11.2 Å². The summed E-state index contributed by atoms with van der Waals surface area (Å²) in [4.78, 5) is 9.09. The average molecular weight is 318 g/mol. The predicted molar refractivity (Wildman–Crippen MR) is 84.7 cm³/mol. The molecule has 0 amide bonds. The molecule has 0 radical (unpaired) electrons. The Bertz CT molecular complexity index is 556. The van der Waals surface area contributed by atoms with Crippen molar-refractivity contribution in [2.75, 3.05) is 17.9 Å². The highest BCUT2D eigenvalue weighted by molar-refractivity contribution is 7.98. The zero-order valence-electron chi connectivity index (χ0n) is 11.1. The van der Waals surface area contributed by atoms with Crippen LogP contribution in [0, 0.1) is 0 Å². The van der Waals surface area contributed by atoms with Crippen LogP contribution in [-0.4, -0.2) is 32.4 Å². The van der Waals surface area contributed by atoms with Crippen molar-refractivity contribution in [3.8, 4) is 0 Å². The van der Waals surface area contributed by atoms with Crippen LogP contribution in [0.5, 0.6) is 0 Å². The number of hydrogen-bond donors (Lipinski definition) is 0. The summed E-state index contributed by atoms with van der Waals surface area (Å²) in [5.41, 5.74) is 1.76. The summed E-state index contributed by atoms with van der Waals surface area (Å²) in [6, 6.07) is 2.26. The lowest BCUT2D eigenvalue weighted by Gasteiger charge is -2.18. The van der Waals surface area contributed by atoms with Gasteiger partial charge in [-0.2, -0.15) is 11.8 Å². The molecule has 0 aromatic carbocycles. The van der Waals surface area contributed by atoms with Gasteiger partial charge in [0.05, 0.1) is 5.02 Å². The molecule has 0 saturated carbocycles. The van der Waals surface area contributed by atoms with Gasteiger partial charge in [-0.3, -0.25) is 0 Å². The zero-order chi connectivity index (χ0) is 13.8. The molecular weight excluding hydrogens is 301 g/mol. The molecule has 1 atom stereocenters. The molecule has 1 unspecified atom stereocenters. The first-order valence-electron chi connectivity index (χ1n) is 6.28. The number of pyridine rings is 1. The minimum absolute atomic E-state index is 0.395. The van der Waals surface area contributed by atoms with Crippen LogP contribution >= 0.6 is 35.0 Å². The van der Waals surface area contributed by atoms with E-state index in [4.69, 9.17) is 23.2 Å². The van der Waals surface area contributed by atoms with E-state index in [0.717, 1.165) is 35.6 Å². The molecule has 2 aromatic heterocycles. The molecule has 0 saturated heterocycles. The zero-order valence-corrected chi connectivity index (χ0v) is 13.4. The van der Waals surface area contributed by atoms with Crippen molar-refractivity contribution >= 4 is 46.1 Å². The Morgan fingerprint density at radius 3 is 2.89 bits per heavy atom. The van der Waals surface area contributed by atoms with E-state index in [0.29, 0.717) is 16.9 Å². The molecule has 0 fully saturated rings. The standard InChI is InChI=1S/C13H17Cl2N3S/c1-3-10(8-19-2)18-12(4-5-14)17-11-6-9(15)7-16-13(11)18/h6-7,10H,3-5,8H2,1-2H3. The van der Waals surface area contributed by atoms with E-state index >= 15 is 0 Å². The van der Waals surface area contributed by atoms with Crippen LogP contribution in [-0.2, 0) is 6.42 Å². The summed E-state index contributed by atoms with van der Waals surface area (Å²) in [5.74, 6) is 2.61. The fraction of sp³-hybridized carbons (Fsp3) is 0.538. The first-order valence-corrected chi connectivity index (χ1v) is 8.59. The summed E-state index contributed by atoms with van der Waals surface area (Å²) in [6.07, 6.45) is 5.60. The topological polar surface area (TPSA) is 30.7 Å². The fourth-order valence-electron chi connectivity index (χ4n) is 2.22. The van der Waals surface area contributed by atoms with E-state index in [2.05, 4.69) is 27.7 Å². The number of imidazole rings is 1. The Balaban J connectivity index is 2.56. The second-order valence-corrected chi connectivity index (χ2v) is 6.08. The normalized spacial score (nSPS) is 13.1. The van der Waals surface area contributed by atoms with Crippen molar-refractivity contribution in [1.82, 2.24) is 14.5 Å².